The maximum absolute atomic E-state index is 14.2. The van der Waals surface area contributed by atoms with Gasteiger partial charge < -0.3 is 34.3 Å². The minimum absolute atomic E-state index is 0.0764. The number of carbonyl (C=O) groups is 4. The Morgan fingerprint density at radius 2 is 1.06 bits per heavy atom. The molecule has 11 nitrogen and oxygen atoms in total. The van der Waals surface area contributed by atoms with Crippen LogP contribution in [-0.4, -0.2) is 73.2 Å². The molecular weight excluding hydrogens is 869 g/mol. The number of hydrogen-bond donors (Lipinski definition) is 2. The molecule has 0 spiro atoms. The molecule has 11 heteroatoms. The average molecular weight is 955 g/mol. The molecule has 69 heavy (non-hydrogen) atoms. The Bertz CT molecular complexity index is 1810. The highest BCUT2D eigenvalue weighted by Gasteiger charge is 2.43. The third-order valence-electron chi connectivity index (χ3n) is 13.5. The molecule has 4 rings (SSSR count). The first-order chi connectivity index (χ1) is 33.7. The van der Waals surface area contributed by atoms with Gasteiger partial charge >= 0.3 is 11.9 Å². The lowest BCUT2D eigenvalue weighted by Crippen LogP contribution is -2.40. The molecule has 1 aliphatic heterocycles. The van der Waals surface area contributed by atoms with Gasteiger partial charge in [-0.3, -0.25) is 19.2 Å². The van der Waals surface area contributed by atoms with E-state index in [1.54, 1.807) is 19.1 Å². The quantitative estimate of drug-likeness (QED) is 0.0424. The first kappa shape index (κ1) is 56.7. The number of nitrogens with one attached hydrogen (secondary N) is 1. The van der Waals surface area contributed by atoms with Crippen molar-refractivity contribution < 1.29 is 43.2 Å². The van der Waals surface area contributed by atoms with Crippen molar-refractivity contribution in [1.82, 2.24) is 10.2 Å². The van der Waals surface area contributed by atoms with Gasteiger partial charge in [-0.25, -0.2) is 0 Å². The van der Waals surface area contributed by atoms with Crippen LogP contribution in [-0.2, 0) is 28.7 Å². The topological polar surface area (TPSA) is 141 Å². The van der Waals surface area contributed by atoms with Crippen LogP contribution in [0.1, 0.15) is 209 Å². The first-order valence-electron chi connectivity index (χ1n) is 26.7. The van der Waals surface area contributed by atoms with Crippen molar-refractivity contribution in [3.8, 4) is 11.5 Å². The number of amides is 2. The van der Waals surface area contributed by atoms with Crippen LogP contribution < -0.4 is 14.8 Å². The highest BCUT2D eigenvalue weighted by molar-refractivity contribution is 5.78. The number of methoxy groups -OCH3 is 2. The number of benzene rings is 3. The Balaban J connectivity index is 1.22. The summed E-state index contributed by atoms with van der Waals surface area (Å²) in [6, 6.07) is 24.7. The standard InChI is InChI=1S/C58H86N2O9/c1-4-5-6-7-8-9-10-11-12-13-14-15-16-17-18-19-20-21-26-31-53(61)59-43-28-23-27-32-54(62)60-45-51(68-56(65)42-41-55(63)64)44-52(60)58(46-29-24-22-25-30-46)69-57(47-33-37-49(66-2)38-34-47)48-35-39-50(67-3)40-36-48/h22,24-25,29-30,33-40,51-52,57-58H,4-21,23,26-28,31-32,41-45H2,1-3H3,(H,59,61)(H,63,64). The van der Waals surface area contributed by atoms with Crippen molar-refractivity contribution in [2.75, 3.05) is 27.3 Å². The molecule has 1 fully saturated rings. The number of nitrogens with zero attached hydrogens (tertiary/aromatic N) is 1. The van der Waals surface area contributed by atoms with Crippen molar-refractivity contribution in [2.24, 2.45) is 0 Å². The number of aliphatic carboxylic acids is 1. The number of unbranched alkanes of at least 4 members (excludes halogenated alkanes) is 20. The summed E-state index contributed by atoms with van der Waals surface area (Å²) in [6.45, 7) is 3.02. The molecule has 2 amide bonds. The van der Waals surface area contributed by atoms with Crippen LogP contribution in [0.25, 0.3) is 0 Å². The van der Waals surface area contributed by atoms with E-state index in [2.05, 4.69) is 12.2 Å². The summed E-state index contributed by atoms with van der Waals surface area (Å²) in [5.74, 6) is -0.256. The highest BCUT2D eigenvalue weighted by atomic mass is 16.5. The van der Waals surface area contributed by atoms with Crippen LogP contribution >= 0.6 is 0 Å². The van der Waals surface area contributed by atoms with Crippen molar-refractivity contribution in [3.05, 3.63) is 95.6 Å². The number of hydrogen-bond acceptors (Lipinski definition) is 8. The summed E-state index contributed by atoms with van der Waals surface area (Å²) < 4.78 is 23.9. The summed E-state index contributed by atoms with van der Waals surface area (Å²) in [7, 11) is 3.24. The van der Waals surface area contributed by atoms with Gasteiger partial charge in [-0.05, 0) is 60.2 Å². The zero-order chi connectivity index (χ0) is 49.3. The molecular formula is C58H86N2O9. The predicted octanol–water partition coefficient (Wildman–Crippen LogP) is 13.4. The largest absolute Gasteiger partial charge is 0.497 e. The second kappa shape index (κ2) is 34.4. The summed E-state index contributed by atoms with van der Waals surface area (Å²) in [5.41, 5.74) is 2.63. The highest BCUT2D eigenvalue weighted by Crippen LogP contribution is 2.40. The van der Waals surface area contributed by atoms with Crippen LogP contribution in [0.3, 0.4) is 0 Å². The molecule has 3 atom stereocenters. The van der Waals surface area contributed by atoms with Crippen LogP contribution in [0.4, 0.5) is 0 Å². The van der Waals surface area contributed by atoms with E-state index in [-0.39, 0.29) is 37.6 Å². The van der Waals surface area contributed by atoms with Gasteiger partial charge in [-0.1, -0.05) is 184 Å². The maximum atomic E-state index is 14.2. The van der Waals surface area contributed by atoms with Crippen LogP contribution in [0.15, 0.2) is 78.9 Å². The molecule has 3 aromatic rings. The van der Waals surface area contributed by atoms with E-state index in [1.165, 1.54) is 109 Å². The number of ether oxygens (including phenoxy) is 4. The van der Waals surface area contributed by atoms with E-state index >= 15 is 0 Å². The van der Waals surface area contributed by atoms with Crippen LogP contribution in [0.5, 0.6) is 11.5 Å². The van der Waals surface area contributed by atoms with Crippen molar-refractivity contribution in [2.45, 2.75) is 205 Å². The van der Waals surface area contributed by atoms with Gasteiger partial charge in [-0.15, -0.1) is 0 Å². The molecule has 3 aromatic carbocycles. The molecule has 1 aliphatic rings. The third kappa shape index (κ3) is 22.6. The number of likely N-dealkylation sites (tertiary alicyclic amines) is 1. The molecule has 382 valence electrons. The van der Waals surface area contributed by atoms with E-state index in [1.807, 2.05) is 78.9 Å². The van der Waals surface area contributed by atoms with Crippen LogP contribution in [0, 0.1) is 0 Å². The number of carboxylic acid groups (broad SMARTS) is 1. The number of carbonyl (C=O) groups excluding carboxylic acids is 3. The second-order valence-corrected chi connectivity index (χ2v) is 19.0. The molecule has 0 aromatic heterocycles. The summed E-state index contributed by atoms with van der Waals surface area (Å²) >= 11 is 0. The minimum atomic E-state index is -1.08. The first-order valence-corrected chi connectivity index (χ1v) is 26.7. The summed E-state index contributed by atoms with van der Waals surface area (Å²) in [4.78, 5) is 52.7. The zero-order valence-electron chi connectivity index (χ0n) is 42.5. The Labute approximate surface area is 414 Å². The van der Waals surface area contributed by atoms with Gasteiger partial charge in [-0.2, -0.15) is 0 Å². The minimum Gasteiger partial charge on any atom is -0.497 e. The number of carboxylic acids is 1. The van der Waals surface area contributed by atoms with E-state index in [0.717, 1.165) is 42.4 Å². The Kier molecular flexibility index (Phi) is 28.3. The average Bonchev–Trinajstić information content (AvgIpc) is 3.78. The fraction of sp³-hybridized carbons (Fsp3) is 0.621. The number of rotatable bonds is 38. The van der Waals surface area contributed by atoms with E-state index in [9.17, 15) is 24.3 Å². The summed E-state index contributed by atoms with van der Waals surface area (Å²) in [6.07, 6.45) is 26.1. The van der Waals surface area contributed by atoms with Crippen molar-refractivity contribution >= 4 is 23.8 Å². The lowest BCUT2D eigenvalue weighted by molar-refractivity contribution is -0.152. The Morgan fingerprint density at radius 3 is 1.55 bits per heavy atom. The molecule has 2 N–H and O–H groups in total. The molecule has 0 aliphatic carbocycles. The fourth-order valence-corrected chi connectivity index (χ4v) is 9.43. The summed E-state index contributed by atoms with van der Waals surface area (Å²) in [5, 5.41) is 12.3. The van der Waals surface area contributed by atoms with Gasteiger partial charge in [0.05, 0.1) is 39.6 Å². The van der Waals surface area contributed by atoms with Crippen LogP contribution in [0.2, 0.25) is 0 Å². The molecule has 0 radical (unpaired) electrons. The monoisotopic (exact) mass is 955 g/mol. The number of esters is 1. The predicted molar refractivity (Wildman–Crippen MR) is 274 cm³/mol. The second-order valence-electron chi connectivity index (χ2n) is 19.0. The van der Waals surface area contributed by atoms with Gasteiger partial charge in [0.1, 0.15) is 29.8 Å². The van der Waals surface area contributed by atoms with Gasteiger partial charge in [0.15, 0.2) is 0 Å². The van der Waals surface area contributed by atoms with Gasteiger partial charge in [0, 0.05) is 25.8 Å². The molecule has 0 saturated carbocycles. The van der Waals surface area contributed by atoms with Crippen molar-refractivity contribution in [3.63, 3.8) is 0 Å². The maximum Gasteiger partial charge on any atom is 0.306 e. The molecule has 0 bridgehead atoms. The van der Waals surface area contributed by atoms with Crippen molar-refractivity contribution in [1.29, 1.82) is 0 Å². The SMILES string of the molecule is CCCCCCCCCCCCCCCCCCCCCC(=O)NCCCCCC(=O)N1CC(OC(=O)CCC(=O)O)CC1C(OC(c1ccc(OC)cc1)c1ccc(OC)cc1)c1ccccc1. The Hall–Kier alpha value is -4.90. The third-order valence-corrected chi connectivity index (χ3v) is 13.5. The molecule has 1 heterocycles. The van der Waals surface area contributed by atoms with Gasteiger partial charge in [0.2, 0.25) is 11.8 Å². The smallest absolute Gasteiger partial charge is 0.306 e. The van der Waals surface area contributed by atoms with Gasteiger partial charge in [0.25, 0.3) is 0 Å². The lowest BCUT2D eigenvalue weighted by atomic mass is 9.96. The Morgan fingerprint density at radius 1 is 0.580 bits per heavy atom. The van der Waals surface area contributed by atoms with E-state index in [4.69, 9.17) is 18.9 Å². The lowest BCUT2D eigenvalue weighted by Gasteiger charge is -2.35. The zero-order valence-corrected chi connectivity index (χ0v) is 42.5. The van der Waals surface area contributed by atoms with E-state index in [0.29, 0.717) is 37.3 Å². The molecule has 1 saturated heterocycles. The normalized spacial score (nSPS) is 15.0. The fourth-order valence-electron chi connectivity index (χ4n) is 9.43. The molecule has 3 unspecified atom stereocenters. The van der Waals surface area contributed by atoms with E-state index < -0.39 is 36.3 Å².